The van der Waals surface area contributed by atoms with Gasteiger partial charge in [-0.05, 0) is 25.8 Å². The van der Waals surface area contributed by atoms with E-state index in [1.54, 1.807) is 0 Å². The lowest BCUT2D eigenvalue weighted by Crippen LogP contribution is -2.21. The summed E-state index contributed by atoms with van der Waals surface area (Å²) >= 11 is 0. The molecule has 0 spiro atoms. The first kappa shape index (κ1) is 15.8. The van der Waals surface area contributed by atoms with Gasteiger partial charge in [-0.1, -0.05) is 50.1 Å². The minimum Gasteiger partial charge on any atom is -0.306 e. The molecule has 0 saturated carbocycles. The Kier molecular flexibility index (Phi) is 5.57. The van der Waals surface area contributed by atoms with E-state index in [1.807, 2.05) is 11.7 Å². The van der Waals surface area contributed by atoms with Gasteiger partial charge in [-0.2, -0.15) is 5.10 Å². The van der Waals surface area contributed by atoms with E-state index in [9.17, 15) is 0 Å². The summed E-state index contributed by atoms with van der Waals surface area (Å²) in [6, 6.07) is 11.2. The Hall–Kier alpha value is -1.61. The zero-order chi connectivity index (χ0) is 15.2. The highest BCUT2D eigenvalue weighted by molar-refractivity contribution is 5.25. The molecule has 0 radical (unpaired) electrons. The number of rotatable bonds is 7. The molecule has 1 aromatic carbocycles. The van der Waals surface area contributed by atoms with Crippen LogP contribution in [0.25, 0.3) is 0 Å². The number of hydrogen-bond donors (Lipinski definition) is 1. The predicted octanol–water partition coefficient (Wildman–Crippen LogP) is 4.06. The first-order chi connectivity index (χ1) is 10.1. The largest absolute Gasteiger partial charge is 0.306 e. The Labute approximate surface area is 128 Å². The molecule has 0 amide bonds. The van der Waals surface area contributed by atoms with Crippen LogP contribution in [0.2, 0.25) is 0 Å². The Morgan fingerprint density at radius 3 is 2.48 bits per heavy atom. The molecule has 0 bridgehead atoms. The molecule has 3 nitrogen and oxygen atoms in total. The van der Waals surface area contributed by atoms with Crippen LogP contribution in [-0.2, 0) is 13.6 Å². The van der Waals surface area contributed by atoms with Crippen molar-refractivity contribution in [3.8, 4) is 0 Å². The first-order valence-electron chi connectivity index (χ1n) is 7.90. The molecule has 0 aliphatic rings. The highest BCUT2D eigenvalue weighted by Gasteiger charge is 2.14. The van der Waals surface area contributed by atoms with E-state index in [0.717, 1.165) is 12.2 Å². The number of aromatic nitrogens is 2. The molecule has 0 aliphatic carbocycles. The Morgan fingerprint density at radius 2 is 1.90 bits per heavy atom. The predicted molar refractivity (Wildman–Crippen MR) is 88.2 cm³/mol. The lowest BCUT2D eigenvalue weighted by molar-refractivity contribution is 0.479. The molecule has 1 N–H and O–H groups in total. The number of nitrogens with zero attached hydrogens (tertiary/aromatic N) is 2. The monoisotopic (exact) mass is 285 g/mol. The van der Waals surface area contributed by atoms with E-state index in [4.69, 9.17) is 0 Å². The summed E-state index contributed by atoms with van der Waals surface area (Å²) < 4.78 is 1.97. The zero-order valence-corrected chi connectivity index (χ0v) is 13.7. The summed E-state index contributed by atoms with van der Waals surface area (Å²) in [6.07, 6.45) is 3.66. The SMILES string of the molecule is CCCCC(NCc1c(C)nn(C)c1C)c1ccccc1. The Morgan fingerprint density at radius 1 is 1.19 bits per heavy atom. The van der Waals surface area contributed by atoms with Gasteiger partial charge in [-0.15, -0.1) is 0 Å². The molecule has 2 aromatic rings. The van der Waals surface area contributed by atoms with Gasteiger partial charge in [-0.3, -0.25) is 4.68 Å². The summed E-state index contributed by atoms with van der Waals surface area (Å²) in [7, 11) is 2.01. The second-order valence-electron chi connectivity index (χ2n) is 5.76. The smallest absolute Gasteiger partial charge is 0.0641 e. The third-order valence-corrected chi connectivity index (χ3v) is 4.23. The number of benzene rings is 1. The van der Waals surface area contributed by atoms with Crippen LogP contribution in [0.1, 0.15) is 54.7 Å². The van der Waals surface area contributed by atoms with Crippen LogP contribution in [0.15, 0.2) is 30.3 Å². The molecule has 2 rings (SSSR count). The van der Waals surface area contributed by atoms with Crippen molar-refractivity contribution in [2.45, 2.75) is 52.6 Å². The fraction of sp³-hybridized carbons (Fsp3) is 0.500. The van der Waals surface area contributed by atoms with Gasteiger partial charge in [0.25, 0.3) is 0 Å². The molecule has 3 heteroatoms. The van der Waals surface area contributed by atoms with Gasteiger partial charge in [0.2, 0.25) is 0 Å². The Balaban J connectivity index is 2.09. The fourth-order valence-corrected chi connectivity index (χ4v) is 2.78. The third kappa shape index (κ3) is 3.94. The van der Waals surface area contributed by atoms with E-state index in [2.05, 4.69) is 61.5 Å². The van der Waals surface area contributed by atoms with Crippen molar-refractivity contribution in [1.29, 1.82) is 0 Å². The van der Waals surface area contributed by atoms with Crippen LogP contribution in [0.5, 0.6) is 0 Å². The Bertz CT molecular complexity index is 557. The zero-order valence-electron chi connectivity index (χ0n) is 13.7. The number of nitrogens with one attached hydrogen (secondary N) is 1. The van der Waals surface area contributed by atoms with Gasteiger partial charge < -0.3 is 5.32 Å². The second kappa shape index (κ2) is 7.41. The molecule has 1 heterocycles. The maximum Gasteiger partial charge on any atom is 0.0641 e. The van der Waals surface area contributed by atoms with Gasteiger partial charge in [-0.25, -0.2) is 0 Å². The molecule has 0 aliphatic heterocycles. The minimum absolute atomic E-state index is 0.421. The molecule has 0 saturated heterocycles. The van der Waals surface area contributed by atoms with Crippen molar-refractivity contribution in [3.05, 3.63) is 52.8 Å². The third-order valence-electron chi connectivity index (χ3n) is 4.23. The van der Waals surface area contributed by atoms with Crippen molar-refractivity contribution in [2.24, 2.45) is 7.05 Å². The molecule has 0 fully saturated rings. The van der Waals surface area contributed by atoms with Crippen molar-refractivity contribution in [2.75, 3.05) is 0 Å². The number of aryl methyl sites for hydroxylation is 2. The van der Waals surface area contributed by atoms with Crippen molar-refractivity contribution < 1.29 is 0 Å². The molecular formula is C18H27N3. The molecule has 1 aromatic heterocycles. The summed E-state index contributed by atoms with van der Waals surface area (Å²) in [5.74, 6) is 0. The minimum atomic E-state index is 0.421. The lowest BCUT2D eigenvalue weighted by Gasteiger charge is -2.19. The van der Waals surface area contributed by atoms with E-state index in [-0.39, 0.29) is 0 Å². The van der Waals surface area contributed by atoms with E-state index in [0.29, 0.717) is 6.04 Å². The van der Waals surface area contributed by atoms with Gasteiger partial charge in [0.1, 0.15) is 0 Å². The van der Waals surface area contributed by atoms with Gasteiger partial charge in [0, 0.05) is 30.9 Å². The highest BCUT2D eigenvalue weighted by atomic mass is 15.3. The van der Waals surface area contributed by atoms with Crippen molar-refractivity contribution in [1.82, 2.24) is 15.1 Å². The van der Waals surface area contributed by atoms with Gasteiger partial charge in [0.05, 0.1) is 5.69 Å². The van der Waals surface area contributed by atoms with E-state index < -0.39 is 0 Å². The van der Waals surface area contributed by atoms with Crippen molar-refractivity contribution >= 4 is 0 Å². The van der Waals surface area contributed by atoms with Gasteiger partial charge in [0.15, 0.2) is 0 Å². The molecule has 21 heavy (non-hydrogen) atoms. The van der Waals surface area contributed by atoms with Crippen LogP contribution in [-0.4, -0.2) is 9.78 Å². The molecular weight excluding hydrogens is 258 g/mol. The second-order valence-corrected chi connectivity index (χ2v) is 5.76. The van der Waals surface area contributed by atoms with Crippen LogP contribution < -0.4 is 5.32 Å². The lowest BCUT2D eigenvalue weighted by atomic mass is 10.0. The van der Waals surface area contributed by atoms with Gasteiger partial charge >= 0.3 is 0 Å². The topological polar surface area (TPSA) is 29.9 Å². The van der Waals surface area contributed by atoms with Crippen LogP contribution >= 0.6 is 0 Å². The normalized spacial score (nSPS) is 12.6. The number of unbranched alkanes of at least 4 members (excludes halogenated alkanes) is 1. The summed E-state index contributed by atoms with van der Waals surface area (Å²) in [5, 5.41) is 8.23. The fourth-order valence-electron chi connectivity index (χ4n) is 2.78. The standard InChI is InChI=1S/C18H27N3/c1-5-6-12-18(16-10-8-7-9-11-16)19-13-17-14(2)20-21(4)15(17)3/h7-11,18-19H,5-6,12-13H2,1-4H3. The van der Waals surface area contributed by atoms with Crippen LogP contribution in [0.3, 0.4) is 0 Å². The van der Waals surface area contributed by atoms with E-state index >= 15 is 0 Å². The van der Waals surface area contributed by atoms with E-state index in [1.165, 1.54) is 36.1 Å². The summed E-state index contributed by atoms with van der Waals surface area (Å²) in [6.45, 7) is 7.36. The summed E-state index contributed by atoms with van der Waals surface area (Å²) in [5.41, 5.74) is 5.09. The van der Waals surface area contributed by atoms with Crippen LogP contribution in [0, 0.1) is 13.8 Å². The average molecular weight is 285 g/mol. The maximum atomic E-state index is 4.50. The van der Waals surface area contributed by atoms with Crippen molar-refractivity contribution in [3.63, 3.8) is 0 Å². The quantitative estimate of drug-likeness (QED) is 0.831. The van der Waals surface area contributed by atoms with Crippen LogP contribution in [0.4, 0.5) is 0 Å². The molecule has 114 valence electrons. The molecule has 1 atom stereocenters. The molecule has 1 unspecified atom stereocenters. The highest BCUT2D eigenvalue weighted by Crippen LogP contribution is 2.21. The first-order valence-corrected chi connectivity index (χ1v) is 7.90. The average Bonchev–Trinajstić information content (AvgIpc) is 2.74. The number of hydrogen-bond acceptors (Lipinski definition) is 2. The summed E-state index contributed by atoms with van der Waals surface area (Å²) in [4.78, 5) is 0. The maximum absolute atomic E-state index is 4.50.